The van der Waals surface area contributed by atoms with Crippen LogP contribution >= 0.6 is 34.3 Å². The van der Waals surface area contributed by atoms with E-state index >= 15 is 0 Å². The molecule has 25 heavy (non-hydrogen) atoms. The number of thiophene rings is 1. The van der Waals surface area contributed by atoms with Gasteiger partial charge < -0.3 is 10.6 Å². The highest BCUT2D eigenvalue weighted by atomic mass is 35.5. The van der Waals surface area contributed by atoms with E-state index in [1.54, 1.807) is 10.9 Å². The molecule has 1 aliphatic heterocycles. The number of carbonyl (C=O) groups is 1. The fourth-order valence-electron chi connectivity index (χ4n) is 2.84. The van der Waals surface area contributed by atoms with Gasteiger partial charge in [-0.25, -0.2) is 4.98 Å². The number of rotatable bonds is 5. The molecular weight excluding hydrogens is 378 g/mol. The highest BCUT2D eigenvalue weighted by molar-refractivity contribution is 7.16. The molecule has 3 aromatic heterocycles. The summed E-state index contributed by atoms with van der Waals surface area (Å²) >= 11 is 8.90. The van der Waals surface area contributed by atoms with Gasteiger partial charge in [0, 0.05) is 16.3 Å². The van der Waals surface area contributed by atoms with Crippen molar-refractivity contribution in [2.45, 2.75) is 25.4 Å². The third-order valence-electron chi connectivity index (χ3n) is 4.06. The number of aromatic nitrogens is 3. The van der Waals surface area contributed by atoms with Crippen LogP contribution in [0.2, 0.25) is 4.34 Å². The van der Waals surface area contributed by atoms with Crippen LogP contribution in [0.1, 0.15) is 39.9 Å². The van der Waals surface area contributed by atoms with Crippen LogP contribution in [0.15, 0.2) is 29.1 Å². The summed E-state index contributed by atoms with van der Waals surface area (Å²) in [5, 5.41) is 13.0. The monoisotopic (exact) mass is 393 g/mol. The van der Waals surface area contributed by atoms with E-state index in [4.69, 9.17) is 11.6 Å². The molecule has 0 amide bonds. The average Bonchev–Trinajstić information content (AvgIpc) is 3.38. The van der Waals surface area contributed by atoms with E-state index in [1.807, 2.05) is 18.2 Å². The summed E-state index contributed by atoms with van der Waals surface area (Å²) in [5.74, 6) is 0.448. The molecule has 1 saturated heterocycles. The summed E-state index contributed by atoms with van der Waals surface area (Å²) in [6.45, 7) is 1.57. The lowest BCUT2D eigenvalue weighted by atomic mass is 10.2. The Hall–Kier alpha value is -1.74. The Morgan fingerprint density at radius 1 is 1.48 bits per heavy atom. The highest BCUT2D eigenvalue weighted by Crippen LogP contribution is 2.26. The van der Waals surface area contributed by atoms with Gasteiger partial charge in [-0.3, -0.25) is 4.79 Å². The maximum atomic E-state index is 12.7. The Kier molecular flexibility index (Phi) is 4.85. The zero-order chi connectivity index (χ0) is 17.2. The van der Waals surface area contributed by atoms with E-state index < -0.39 is 0 Å². The Morgan fingerprint density at radius 2 is 2.40 bits per heavy atom. The summed E-state index contributed by atoms with van der Waals surface area (Å²) in [6, 6.07) is 5.99. The first-order valence-electron chi connectivity index (χ1n) is 7.95. The van der Waals surface area contributed by atoms with E-state index in [9.17, 15) is 4.79 Å². The fourth-order valence-corrected chi connectivity index (χ4v) is 4.39. The van der Waals surface area contributed by atoms with Crippen molar-refractivity contribution in [1.82, 2.24) is 20.1 Å². The third-order valence-corrected chi connectivity index (χ3v) is 5.88. The van der Waals surface area contributed by atoms with Crippen molar-refractivity contribution in [3.8, 4) is 0 Å². The largest absolute Gasteiger partial charge is 0.365 e. The quantitative estimate of drug-likeness (QED) is 0.690. The number of nitrogens with one attached hydrogen (secondary N) is 2. The maximum absolute atomic E-state index is 12.7. The van der Waals surface area contributed by atoms with Crippen molar-refractivity contribution < 1.29 is 4.79 Å². The molecule has 1 fully saturated rings. The summed E-state index contributed by atoms with van der Waals surface area (Å²) in [4.78, 5) is 17.9. The zero-order valence-corrected chi connectivity index (χ0v) is 15.6. The molecule has 1 atom stereocenters. The Bertz CT molecular complexity index is 867. The van der Waals surface area contributed by atoms with Crippen LogP contribution in [0.4, 0.5) is 5.82 Å². The standard InChI is InChI=1S/C16H16ClN5OS2/c17-14-4-3-10(25-14)7-19-15-6-12(11-2-1-5-18-11)21-22(15)16(23)13-8-24-9-20-13/h3-4,6,8-9,11,18-19H,1-2,5,7H2. The number of anilines is 1. The van der Waals surface area contributed by atoms with Gasteiger partial charge in [0.2, 0.25) is 0 Å². The predicted octanol–water partition coefficient (Wildman–Crippen LogP) is 3.78. The maximum Gasteiger partial charge on any atom is 0.299 e. The summed E-state index contributed by atoms with van der Waals surface area (Å²) in [7, 11) is 0. The van der Waals surface area contributed by atoms with Gasteiger partial charge >= 0.3 is 0 Å². The molecular formula is C16H16ClN5OS2. The number of halogens is 1. The Labute approximate surface area is 157 Å². The molecule has 3 aromatic rings. The van der Waals surface area contributed by atoms with E-state index in [0.717, 1.165) is 34.3 Å². The number of carbonyl (C=O) groups excluding carboxylic acids is 1. The summed E-state index contributed by atoms with van der Waals surface area (Å²) in [6.07, 6.45) is 2.15. The average molecular weight is 394 g/mol. The van der Waals surface area contributed by atoms with Crippen LogP contribution < -0.4 is 10.6 Å². The van der Waals surface area contributed by atoms with Gasteiger partial charge in [0.1, 0.15) is 11.5 Å². The van der Waals surface area contributed by atoms with Gasteiger partial charge in [0.05, 0.1) is 28.1 Å². The van der Waals surface area contributed by atoms with Crippen LogP contribution in [-0.2, 0) is 6.54 Å². The van der Waals surface area contributed by atoms with Crippen LogP contribution in [0, 0.1) is 0 Å². The normalized spacial score (nSPS) is 17.1. The molecule has 0 aromatic carbocycles. The highest BCUT2D eigenvalue weighted by Gasteiger charge is 2.24. The Morgan fingerprint density at radius 3 is 3.08 bits per heavy atom. The van der Waals surface area contributed by atoms with Gasteiger partial charge in [-0.1, -0.05) is 11.6 Å². The number of nitrogens with zero attached hydrogens (tertiary/aromatic N) is 3. The minimum atomic E-state index is -0.225. The predicted molar refractivity (Wildman–Crippen MR) is 101 cm³/mol. The topological polar surface area (TPSA) is 71.8 Å². The van der Waals surface area contributed by atoms with Crippen molar-refractivity contribution in [1.29, 1.82) is 0 Å². The van der Waals surface area contributed by atoms with Crippen molar-refractivity contribution in [2.24, 2.45) is 0 Å². The van der Waals surface area contributed by atoms with Gasteiger partial charge in [-0.2, -0.15) is 9.78 Å². The Balaban J connectivity index is 1.61. The second-order valence-corrected chi connectivity index (χ2v) is 8.27. The SMILES string of the molecule is O=C(c1cscn1)n1nc(C2CCCN2)cc1NCc1ccc(Cl)s1. The summed E-state index contributed by atoms with van der Waals surface area (Å²) < 4.78 is 2.17. The number of hydrogen-bond acceptors (Lipinski definition) is 7. The molecule has 4 rings (SSSR count). The molecule has 1 aliphatic rings. The molecule has 9 heteroatoms. The van der Waals surface area contributed by atoms with E-state index in [2.05, 4.69) is 20.7 Å². The molecule has 1 unspecified atom stereocenters. The van der Waals surface area contributed by atoms with Gasteiger partial charge in [0.25, 0.3) is 5.91 Å². The molecule has 0 bridgehead atoms. The van der Waals surface area contributed by atoms with Crippen LogP contribution in [0.5, 0.6) is 0 Å². The lowest BCUT2D eigenvalue weighted by Gasteiger charge is -2.06. The smallest absolute Gasteiger partial charge is 0.299 e. The van der Waals surface area contributed by atoms with E-state index in [-0.39, 0.29) is 11.9 Å². The third kappa shape index (κ3) is 3.62. The number of thiazole rings is 1. The lowest BCUT2D eigenvalue weighted by Crippen LogP contribution is -2.18. The molecule has 0 aliphatic carbocycles. The molecule has 130 valence electrons. The first kappa shape index (κ1) is 16.7. The van der Waals surface area contributed by atoms with Crippen molar-refractivity contribution in [2.75, 3.05) is 11.9 Å². The van der Waals surface area contributed by atoms with E-state index in [0.29, 0.717) is 18.1 Å². The van der Waals surface area contributed by atoms with Crippen LogP contribution in [0.3, 0.4) is 0 Å². The van der Waals surface area contributed by atoms with Gasteiger partial charge in [0.15, 0.2) is 0 Å². The fraction of sp³-hybridized carbons (Fsp3) is 0.312. The number of hydrogen-bond donors (Lipinski definition) is 2. The first-order valence-corrected chi connectivity index (χ1v) is 10.1. The minimum Gasteiger partial charge on any atom is -0.365 e. The molecule has 2 N–H and O–H groups in total. The molecule has 0 spiro atoms. The van der Waals surface area contributed by atoms with Gasteiger partial charge in [-0.05, 0) is 31.5 Å². The zero-order valence-electron chi connectivity index (χ0n) is 13.2. The molecule has 0 radical (unpaired) electrons. The lowest BCUT2D eigenvalue weighted by molar-refractivity contribution is 0.0942. The van der Waals surface area contributed by atoms with Crippen molar-refractivity contribution in [3.05, 3.63) is 49.7 Å². The van der Waals surface area contributed by atoms with Crippen molar-refractivity contribution in [3.63, 3.8) is 0 Å². The molecule has 6 nitrogen and oxygen atoms in total. The van der Waals surface area contributed by atoms with Gasteiger partial charge in [-0.15, -0.1) is 22.7 Å². The van der Waals surface area contributed by atoms with Crippen LogP contribution in [0.25, 0.3) is 0 Å². The van der Waals surface area contributed by atoms with Crippen molar-refractivity contribution >= 4 is 46.0 Å². The van der Waals surface area contributed by atoms with E-state index in [1.165, 1.54) is 27.4 Å². The molecule has 0 saturated carbocycles. The second-order valence-electron chi connectivity index (χ2n) is 5.75. The molecule has 4 heterocycles. The first-order chi connectivity index (χ1) is 12.2. The second kappa shape index (κ2) is 7.25. The summed E-state index contributed by atoms with van der Waals surface area (Å²) in [5.41, 5.74) is 2.94. The minimum absolute atomic E-state index is 0.196. The van der Waals surface area contributed by atoms with Crippen LogP contribution in [-0.4, -0.2) is 27.2 Å².